The normalized spacial score (nSPS) is 11.8. The number of sulfonamides is 1. The summed E-state index contributed by atoms with van der Waals surface area (Å²) in [6.07, 6.45) is 0. The molecular formula is C18H20N8O2S2. The first-order chi connectivity index (χ1) is 14.4. The largest absolute Gasteiger partial charge is 0.367 e. The van der Waals surface area contributed by atoms with Crippen LogP contribution in [0, 0.1) is 20.8 Å². The minimum Gasteiger partial charge on any atom is -0.367 e. The number of aromatic nitrogens is 6. The Labute approximate surface area is 177 Å². The molecule has 3 heterocycles. The first kappa shape index (κ1) is 20.3. The standard InChI is InChI=1S/C18H20N8O2S2/c1-11-12(2)23-26(13(11)3)17-8-7-16(21-22-17)19-9-10-20-30(27,28)15-6-4-5-14-18(15)25-29-24-14/h4-8,20H,9-10H2,1-3H3,(H,19,21). The molecule has 2 N–H and O–H groups in total. The molecule has 0 aliphatic carbocycles. The van der Waals surface area contributed by atoms with Crippen LogP contribution in [0.15, 0.2) is 35.2 Å². The first-order valence-corrected chi connectivity index (χ1v) is 11.4. The predicted octanol–water partition coefficient (Wildman–Crippen LogP) is 1.98. The number of nitrogens with zero attached hydrogens (tertiary/aromatic N) is 6. The third kappa shape index (κ3) is 3.88. The van der Waals surface area contributed by atoms with Crippen LogP contribution < -0.4 is 10.0 Å². The Morgan fingerprint density at radius 3 is 2.57 bits per heavy atom. The SMILES string of the molecule is Cc1nn(-c2ccc(NCCNS(=O)(=O)c3cccc4nsnc34)nn2)c(C)c1C. The number of rotatable bonds is 7. The Bertz CT molecular complexity index is 1300. The fourth-order valence-corrected chi connectivity index (χ4v) is 4.72. The van der Waals surface area contributed by atoms with Crippen LogP contribution in [0.4, 0.5) is 5.82 Å². The highest BCUT2D eigenvalue weighted by atomic mass is 32.2. The summed E-state index contributed by atoms with van der Waals surface area (Å²) < 4.78 is 37.6. The summed E-state index contributed by atoms with van der Waals surface area (Å²) in [4.78, 5) is 0.123. The Morgan fingerprint density at radius 1 is 1.03 bits per heavy atom. The highest BCUT2D eigenvalue weighted by Gasteiger charge is 2.19. The van der Waals surface area contributed by atoms with Gasteiger partial charge in [0.25, 0.3) is 0 Å². The zero-order valence-corrected chi connectivity index (χ0v) is 18.3. The lowest BCUT2D eigenvalue weighted by Crippen LogP contribution is -2.29. The van der Waals surface area contributed by atoms with Crippen molar-refractivity contribution in [2.75, 3.05) is 18.4 Å². The van der Waals surface area contributed by atoms with Crippen molar-refractivity contribution in [1.29, 1.82) is 0 Å². The number of hydrogen-bond acceptors (Lipinski definition) is 9. The maximum Gasteiger partial charge on any atom is 0.242 e. The summed E-state index contributed by atoms with van der Waals surface area (Å²) in [5.74, 6) is 1.17. The summed E-state index contributed by atoms with van der Waals surface area (Å²) in [5, 5.41) is 15.9. The number of hydrogen-bond donors (Lipinski definition) is 2. The lowest BCUT2D eigenvalue weighted by atomic mass is 10.2. The van der Waals surface area contributed by atoms with E-state index in [0.717, 1.165) is 28.7 Å². The molecule has 0 bridgehead atoms. The van der Waals surface area contributed by atoms with Gasteiger partial charge in [-0.25, -0.2) is 17.8 Å². The van der Waals surface area contributed by atoms with Crippen LogP contribution >= 0.6 is 11.7 Å². The van der Waals surface area contributed by atoms with E-state index in [1.54, 1.807) is 22.9 Å². The predicted molar refractivity (Wildman–Crippen MR) is 114 cm³/mol. The third-order valence-electron chi connectivity index (χ3n) is 4.78. The molecule has 0 aliphatic rings. The second kappa shape index (κ2) is 8.05. The molecule has 12 heteroatoms. The van der Waals surface area contributed by atoms with Gasteiger partial charge in [-0.15, -0.1) is 10.2 Å². The van der Waals surface area contributed by atoms with Crippen LogP contribution in [0.25, 0.3) is 16.9 Å². The maximum atomic E-state index is 12.6. The van der Waals surface area contributed by atoms with Gasteiger partial charge < -0.3 is 5.32 Å². The number of nitrogens with one attached hydrogen (secondary N) is 2. The van der Waals surface area contributed by atoms with Gasteiger partial charge in [0.05, 0.1) is 17.4 Å². The Hall–Kier alpha value is -2.96. The van der Waals surface area contributed by atoms with E-state index in [1.807, 2.05) is 26.8 Å². The molecule has 0 fully saturated rings. The minimum absolute atomic E-state index is 0.123. The van der Waals surface area contributed by atoms with Gasteiger partial charge in [0.15, 0.2) is 5.82 Å². The van der Waals surface area contributed by atoms with E-state index >= 15 is 0 Å². The number of benzene rings is 1. The van der Waals surface area contributed by atoms with Crippen LogP contribution in [0.2, 0.25) is 0 Å². The van der Waals surface area contributed by atoms with Crippen LogP contribution in [0.1, 0.15) is 17.0 Å². The lowest BCUT2D eigenvalue weighted by molar-refractivity contribution is 0.583. The van der Waals surface area contributed by atoms with Crippen LogP contribution in [0.3, 0.4) is 0 Å². The van der Waals surface area contributed by atoms with Gasteiger partial charge in [0, 0.05) is 18.8 Å². The van der Waals surface area contributed by atoms with Gasteiger partial charge in [0.1, 0.15) is 21.7 Å². The maximum absolute atomic E-state index is 12.6. The number of aryl methyl sites for hydroxylation is 1. The first-order valence-electron chi connectivity index (χ1n) is 9.18. The molecule has 156 valence electrons. The van der Waals surface area contributed by atoms with Crippen LogP contribution in [-0.4, -0.2) is 50.2 Å². The van der Waals surface area contributed by atoms with Gasteiger partial charge >= 0.3 is 0 Å². The molecule has 4 rings (SSSR count). The second-order valence-electron chi connectivity index (χ2n) is 6.70. The van der Waals surface area contributed by atoms with Crippen molar-refractivity contribution < 1.29 is 8.42 Å². The highest BCUT2D eigenvalue weighted by Crippen LogP contribution is 2.20. The molecule has 0 saturated carbocycles. The van der Waals surface area contributed by atoms with E-state index in [1.165, 1.54) is 6.07 Å². The van der Waals surface area contributed by atoms with Crippen molar-refractivity contribution in [3.8, 4) is 5.82 Å². The van der Waals surface area contributed by atoms with Crippen molar-refractivity contribution in [3.05, 3.63) is 47.3 Å². The van der Waals surface area contributed by atoms with Gasteiger partial charge in [-0.2, -0.15) is 13.8 Å². The molecule has 1 aromatic carbocycles. The van der Waals surface area contributed by atoms with Crippen molar-refractivity contribution in [2.45, 2.75) is 25.7 Å². The van der Waals surface area contributed by atoms with Gasteiger partial charge in [-0.1, -0.05) is 6.07 Å². The van der Waals surface area contributed by atoms with Crippen molar-refractivity contribution in [1.82, 2.24) is 33.4 Å². The molecule has 0 spiro atoms. The molecule has 4 aromatic rings. The van der Waals surface area contributed by atoms with E-state index in [4.69, 9.17) is 0 Å². The smallest absolute Gasteiger partial charge is 0.242 e. The summed E-state index contributed by atoms with van der Waals surface area (Å²) in [5.41, 5.74) is 4.03. The molecule has 0 amide bonds. The molecule has 30 heavy (non-hydrogen) atoms. The van der Waals surface area contributed by atoms with Crippen molar-refractivity contribution in [2.24, 2.45) is 0 Å². The van der Waals surface area contributed by atoms with Gasteiger partial charge in [-0.3, -0.25) is 0 Å². The highest BCUT2D eigenvalue weighted by molar-refractivity contribution is 7.89. The van der Waals surface area contributed by atoms with E-state index in [-0.39, 0.29) is 11.4 Å². The molecule has 3 aromatic heterocycles. The zero-order valence-electron chi connectivity index (χ0n) is 16.6. The van der Waals surface area contributed by atoms with E-state index < -0.39 is 10.0 Å². The molecule has 0 radical (unpaired) electrons. The summed E-state index contributed by atoms with van der Waals surface area (Å²) >= 11 is 0.985. The van der Waals surface area contributed by atoms with E-state index in [2.05, 4.69) is 34.1 Å². The van der Waals surface area contributed by atoms with Crippen LogP contribution in [-0.2, 0) is 10.0 Å². The quantitative estimate of drug-likeness (QED) is 0.414. The van der Waals surface area contributed by atoms with E-state index in [9.17, 15) is 8.42 Å². The molecular weight excluding hydrogens is 424 g/mol. The second-order valence-corrected chi connectivity index (χ2v) is 8.96. The Balaban J connectivity index is 1.36. The molecule has 10 nitrogen and oxygen atoms in total. The van der Waals surface area contributed by atoms with E-state index in [0.29, 0.717) is 29.2 Å². The molecule has 0 atom stereocenters. The van der Waals surface area contributed by atoms with Gasteiger partial charge in [0.2, 0.25) is 10.0 Å². The number of anilines is 1. The molecule has 0 saturated heterocycles. The lowest BCUT2D eigenvalue weighted by Gasteiger charge is -2.09. The minimum atomic E-state index is -3.69. The summed E-state index contributed by atoms with van der Waals surface area (Å²) in [6.45, 7) is 6.48. The van der Waals surface area contributed by atoms with Crippen LogP contribution in [0.5, 0.6) is 0 Å². The monoisotopic (exact) mass is 444 g/mol. The van der Waals surface area contributed by atoms with Crippen molar-refractivity contribution >= 4 is 38.6 Å². The number of fused-ring (bicyclic) bond motifs is 1. The fourth-order valence-electron chi connectivity index (χ4n) is 2.93. The average molecular weight is 445 g/mol. The molecule has 0 aliphatic heterocycles. The third-order valence-corrected chi connectivity index (χ3v) is 6.82. The summed E-state index contributed by atoms with van der Waals surface area (Å²) in [7, 11) is -3.69. The topological polar surface area (TPSA) is 128 Å². The Morgan fingerprint density at radius 2 is 1.87 bits per heavy atom. The fraction of sp³-hybridized carbons (Fsp3) is 0.278. The summed E-state index contributed by atoms with van der Waals surface area (Å²) in [6, 6.07) is 8.50. The Kier molecular flexibility index (Phi) is 5.45. The average Bonchev–Trinajstić information content (AvgIpc) is 3.32. The molecule has 0 unspecified atom stereocenters. The van der Waals surface area contributed by atoms with Gasteiger partial charge in [-0.05, 0) is 50.6 Å². The van der Waals surface area contributed by atoms with Crippen molar-refractivity contribution in [3.63, 3.8) is 0 Å². The zero-order chi connectivity index (χ0) is 21.3.